The van der Waals surface area contributed by atoms with Crippen LogP contribution in [0, 0.1) is 6.92 Å². The molecule has 1 spiro atoms. The number of benzene rings is 1. The number of hydrogen-bond acceptors (Lipinski definition) is 2. The fourth-order valence-electron chi connectivity index (χ4n) is 3.08. The maximum atomic E-state index is 10.2. The first-order valence-corrected chi connectivity index (χ1v) is 6.16. The zero-order valence-electron chi connectivity index (χ0n) is 9.70. The fourth-order valence-corrected chi connectivity index (χ4v) is 3.08. The zero-order valence-corrected chi connectivity index (χ0v) is 9.70. The molecule has 86 valence electrons. The summed E-state index contributed by atoms with van der Waals surface area (Å²) in [4.78, 5) is 0. The lowest BCUT2D eigenvalue weighted by Gasteiger charge is -2.38. The number of rotatable bonds is 0. The Bertz CT molecular complexity index is 405. The van der Waals surface area contributed by atoms with Crippen LogP contribution in [0.2, 0.25) is 0 Å². The van der Waals surface area contributed by atoms with Gasteiger partial charge in [-0.25, -0.2) is 0 Å². The smallest absolute Gasteiger partial charge is 0.125 e. The molecule has 2 nitrogen and oxygen atoms in total. The number of aliphatic hydroxyl groups excluding tert-OH is 1. The van der Waals surface area contributed by atoms with Crippen molar-refractivity contribution in [3.8, 4) is 5.75 Å². The van der Waals surface area contributed by atoms with Gasteiger partial charge in [0.15, 0.2) is 0 Å². The summed E-state index contributed by atoms with van der Waals surface area (Å²) in [5.41, 5.74) is 2.09. The summed E-state index contributed by atoms with van der Waals surface area (Å²) >= 11 is 0. The van der Waals surface area contributed by atoms with Crippen LogP contribution in [-0.4, -0.2) is 10.7 Å². The second kappa shape index (κ2) is 3.49. The number of hydrogen-bond donors (Lipinski definition) is 1. The fraction of sp³-hybridized carbons (Fsp3) is 0.571. The molecule has 1 fully saturated rings. The molecule has 0 aromatic heterocycles. The van der Waals surface area contributed by atoms with E-state index < -0.39 is 0 Å². The number of ether oxygens (including phenoxy) is 1. The van der Waals surface area contributed by atoms with Gasteiger partial charge in [0.05, 0.1) is 6.10 Å². The highest BCUT2D eigenvalue weighted by Crippen LogP contribution is 2.47. The monoisotopic (exact) mass is 218 g/mol. The lowest BCUT2D eigenvalue weighted by molar-refractivity contribution is -0.00941. The Balaban J connectivity index is 1.99. The van der Waals surface area contributed by atoms with Gasteiger partial charge in [-0.3, -0.25) is 0 Å². The summed E-state index contributed by atoms with van der Waals surface area (Å²) in [7, 11) is 0. The molecule has 16 heavy (non-hydrogen) atoms. The molecular formula is C14H18O2. The van der Waals surface area contributed by atoms with Gasteiger partial charge in [-0.05, 0) is 44.7 Å². The van der Waals surface area contributed by atoms with Gasteiger partial charge in [0, 0.05) is 12.0 Å². The Morgan fingerprint density at radius 1 is 1.31 bits per heavy atom. The maximum Gasteiger partial charge on any atom is 0.125 e. The van der Waals surface area contributed by atoms with E-state index in [0.717, 1.165) is 30.6 Å². The standard InChI is InChI=1S/C14H18O2/c1-10-4-5-13-11(8-10)12(15)9-14(16-13)6-2-3-7-14/h4-5,8,12,15H,2-3,6-7,9H2,1H3. The van der Waals surface area contributed by atoms with Crippen LogP contribution in [0.4, 0.5) is 0 Å². The van der Waals surface area contributed by atoms with Crippen molar-refractivity contribution in [2.75, 3.05) is 0 Å². The van der Waals surface area contributed by atoms with Crippen molar-refractivity contribution in [2.45, 2.75) is 50.7 Å². The van der Waals surface area contributed by atoms with Crippen LogP contribution in [0.25, 0.3) is 0 Å². The largest absolute Gasteiger partial charge is 0.487 e. The third-order valence-electron chi connectivity index (χ3n) is 3.93. The maximum absolute atomic E-state index is 10.2. The molecule has 1 N–H and O–H groups in total. The molecule has 1 unspecified atom stereocenters. The molecule has 0 radical (unpaired) electrons. The predicted octanol–water partition coefficient (Wildman–Crippen LogP) is 3.12. The molecule has 1 atom stereocenters. The minimum absolute atomic E-state index is 0.0678. The van der Waals surface area contributed by atoms with Gasteiger partial charge >= 0.3 is 0 Å². The van der Waals surface area contributed by atoms with Crippen molar-refractivity contribution in [1.82, 2.24) is 0 Å². The lowest BCUT2D eigenvalue weighted by atomic mass is 9.87. The summed E-state index contributed by atoms with van der Waals surface area (Å²) in [6.45, 7) is 2.05. The highest BCUT2D eigenvalue weighted by atomic mass is 16.5. The minimum atomic E-state index is -0.346. The molecule has 3 rings (SSSR count). The van der Waals surface area contributed by atoms with Crippen LogP contribution in [0.1, 0.15) is 49.3 Å². The second-order valence-corrected chi connectivity index (χ2v) is 5.25. The third-order valence-corrected chi connectivity index (χ3v) is 3.93. The molecule has 2 aliphatic rings. The Hall–Kier alpha value is -1.02. The Kier molecular flexibility index (Phi) is 2.21. The Morgan fingerprint density at radius 3 is 2.81 bits per heavy atom. The highest BCUT2D eigenvalue weighted by Gasteiger charge is 2.42. The normalized spacial score (nSPS) is 26.5. The van der Waals surface area contributed by atoms with E-state index in [1.165, 1.54) is 18.4 Å². The number of aryl methyl sites for hydroxylation is 1. The van der Waals surface area contributed by atoms with E-state index in [2.05, 4.69) is 6.07 Å². The highest BCUT2D eigenvalue weighted by molar-refractivity contribution is 5.41. The van der Waals surface area contributed by atoms with Crippen molar-refractivity contribution in [3.05, 3.63) is 29.3 Å². The first-order chi connectivity index (χ1) is 7.69. The number of aliphatic hydroxyl groups is 1. The zero-order chi connectivity index (χ0) is 11.2. The van der Waals surface area contributed by atoms with Crippen LogP contribution in [0.15, 0.2) is 18.2 Å². The summed E-state index contributed by atoms with van der Waals surface area (Å²) < 4.78 is 6.15. The molecular weight excluding hydrogens is 200 g/mol. The van der Waals surface area contributed by atoms with E-state index in [4.69, 9.17) is 4.74 Å². The molecule has 1 aliphatic heterocycles. The predicted molar refractivity (Wildman–Crippen MR) is 62.6 cm³/mol. The van der Waals surface area contributed by atoms with Gasteiger partial charge < -0.3 is 9.84 Å². The summed E-state index contributed by atoms with van der Waals surface area (Å²) in [5.74, 6) is 0.895. The van der Waals surface area contributed by atoms with Gasteiger partial charge in [0.25, 0.3) is 0 Å². The van der Waals surface area contributed by atoms with E-state index in [-0.39, 0.29) is 11.7 Å². The summed E-state index contributed by atoms with van der Waals surface area (Å²) in [6.07, 6.45) is 5.07. The van der Waals surface area contributed by atoms with Crippen molar-refractivity contribution in [2.24, 2.45) is 0 Å². The first kappa shape index (κ1) is 10.2. The van der Waals surface area contributed by atoms with Crippen molar-refractivity contribution >= 4 is 0 Å². The third kappa shape index (κ3) is 1.52. The SMILES string of the molecule is Cc1ccc2c(c1)C(O)CC1(CCCC1)O2. The quantitative estimate of drug-likeness (QED) is 0.725. The molecule has 1 aliphatic carbocycles. The molecule has 2 heteroatoms. The minimum Gasteiger partial charge on any atom is -0.487 e. The van der Waals surface area contributed by atoms with Gasteiger partial charge in [0.2, 0.25) is 0 Å². The van der Waals surface area contributed by atoms with Crippen molar-refractivity contribution in [3.63, 3.8) is 0 Å². The van der Waals surface area contributed by atoms with Gasteiger partial charge in [-0.1, -0.05) is 11.6 Å². The molecule has 1 saturated carbocycles. The summed E-state index contributed by atoms with van der Waals surface area (Å²) in [6, 6.07) is 6.11. The van der Waals surface area contributed by atoms with Gasteiger partial charge in [-0.15, -0.1) is 0 Å². The second-order valence-electron chi connectivity index (χ2n) is 5.25. The van der Waals surface area contributed by atoms with Crippen LogP contribution in [0.3, 0.4) is 0 Å². The van der Waals surface area contributed by atoms with E-state index in [1.807, 2.05) is 19.1 Å². The first-order valence-electron chi connectivity index (χ1n) is 6.16. The molecule has 0 amide bonds. The average molecular weight is 218 g/mol. The average Bonchev–Trinajstić information content (AvgIpc) is 2.68. The molecule has 1 aromatic rings. The van der Waals surface area contributed by atoms with E-state index >= 15 is 0 Å². The van der Waals surface area contributed by atoms with Crippen LogP contribution < -0.4 is 4.74 Å². The van der Waals surface area contributed by atoms with Crippen molar-refractivity contribution in [1.29, 1.82) is 0 Å². The topological polar surface area (TPSA) is 29.5 Å². The van der Waals surface area contributed by atoms with Crippen LogP contribution in [0.5, 0.6) is 5.75 Å². The van der Waals surface area contributed by atoms with Crippen LogP contribution >= 0.6 is 0 Å². The van der Waals surface area contributed by atoms with E-state index in [9.17, 15) is 5.11 Å². The summed E-state index contributed by atoms with van der Waals surface area (Å²) in [5, 5.41) is 10.2. The van der Waals surface area contributed by atoms with E-state index in [1.54, 1.807) is 0 Å². The van der Waals surface area contributed by atoms with Crippen LogP contribution in [-0.2, 0) is 0 Å². The van der Waals surface area contributed by atoms with Crippen molar-refractivity contribution < 1.29 is 9.84 Å². The molecule has 0 bridgehead atoms. The lowest BCUT2D eigenvalue weighted by Crippen LogP contribution is -2.38. The van der Waals surface area contributed by atoms with Gasteiger partial charge in [0.1, 0.15) is 11.4 Å². The Labute approximate surface area is 96.2 Å². The Morgan fingerprint density at radius 2 is 2.06 bits per heavy atom. The van der Waals surface area contributed by atoms with E-state index in [0.29, 0.717) is 0 Å². The molecule has 0 saturated heterocycles. The van der Waals surface area contributed by atoms with Gasteiger partial charge in [-0.2, -0.15) is 0 Å². The molecule has 1 heterocycles. The molecule has 1 aromatic carbocycles. The number of fused-ring (bicyclic) bond motifs is 1.